The molecule has 1 aliphatic rings. The van der Waals surface area contributed by atoms with Gasteiger partial charge >= 0.3 is 5.91 Å². The maximum atomic E-state index is 13.0. The fraction of sp³-hybridized carbons (Fsp3) is 0.0870. The van der Waals surface area contributed by atoms with E-state index in [1.807, 2.05) is 31.2 Å². The molecule has 1 fully saturated rings. The van der Waals surface area contributed by atoms with Crippen LogP contribution in [0.3, 0.4) is 0 Å². The first kappa shape index (κ1) is 18.9. The van der Waals surface area contributed by atoms with Crippen molar-refractivity contribution < 1.29 is 14.7 Å². The lowest BCUT2D eigenvalue weighted by Crippen LogP contribution is -2.30. The Labute approximate surface area is 172 Å². The molecule has 0 spiro atoms. The van der Waals surface area contributed by atoms with E-state index in [1.165, 1.54) is 4.90 Å². The van der Waals surface area contributed by atoms with Gasteiger partial charge in [-0.25, -0.2) is 4.98 Å². The number of aromatic nitrogens is 1. The molecule has 0 saturated carbocycles. The van der Waals surface area contributed by atoms with Crippen molar-refractivity contribution in [2.24, 2.45) is 0 Å². The number of aliphatic hydroxyl groups excluding tert-OH is 1. The molecule has 0 bridgehead atoms. The summed E-state index contributed by atoms with van der Waals surface area (Å²) in [4.78, 5) is 31.5. The number of rotatable bonds is 3. The highest BCUT2D eigenvalue weighted by atomic mass is 35.5. The SMILES string of the molecule is Cc1ccc([C@@H]2C(=C(O)c3ccc(Cl)cc3)C(=O)C(=O)N2c2ccccn2)cc1. The molecule has 0 unspecified atom stereocenters. The zero-order valence-corrected chi connectivity index (χ0v) is 16.3. The number of halogens is 1. The van der Waals surface area contributed by atoms with Crippen LogP contribution in [0.5, 0.6) is 0 Å². The largest absolute Gasteiger partial charge is 0.507 e. The standard InChI is InChI=1S/C23H17ClN2O3/c1-14-5-7-15(8-6-14)20-19(21(27)16-9-11-17(24)12-10-16)22(28)23(29)26(20)18-4-2-3-13-25-18/h2-13,20,27H,1H3/t20-/m1/s1. The molecule has 1 atom stereocenters. The van der Waals surface area contributed by atoms with Crippen LogP contribution in [0.1, 0.15) is 22.7 Å². The molecule has 144 valence electrons. The van der Waals surface area contributed by atoms with E-state index >= 15 is 0 Å². The predicted molar refractivity (Wildman–Crippen MR) is 112 cm³/mol. The van der Waals surface area contributed by atoms with E-state index in [1.54, 1.807) is 48.7 Å². The third-order valence-corrected chi connectivity index (χ3v) is 5.10. The number of aliphatic hydroxyl groups is 1. The Kier molecular flexibility index (Phi) is 4.91. The van der Waals surface area contributed by atoms with Gasteiger partial charge in [0.15, 0.2) is 0 Å². The lowest BCUT2D eigenvalue weighted by Gasteiger charge is -2.24. The van der Waals surface area contributed by atoms with Crippen molar-refractivity contribution in [3.63, 3.8) is 0 Å². The molecule has 0 radical (unpaired) electrons. The molecule has 2 aromatic carbocycles. The minimum absolute atomic E-state index is 0.0202. The van der Waals surface area contributed by atoms with Gasteiger partial charge in [0, 0.05) is 16.8 Å². The Bertz CT molecular complexity index is 1110. The second kappa shape index (κ2) is 7.53. The minimum Gasteiger partial charge on any atom is -0.507 e. The fourth-order valence-electron chi connectivity index (χ4n) is 3.39. The fourth-order valence-corrected chi connectivity index (χ4v) is 3.52. The number of amides is 1. The Morgan fingerprint density at radius 2 is 1.69 bits per heavy atom. The van der Waals surface area contributed by atoms with Gasteiger partial charge in [0.25, 0.3) is 5.78 Å². The first-order chi connectivity index (χ1) is 14.0. The number of anilines is 1. The number of hydrogen-bond acceptors (Lipinski definition) is 4. The number of carbonyl (C=O) groups is 2. The van der Waals surface area contributed by atoms with Crippen molar-refractivity contribution in [1.29, 1.82) is 0 Å². The van der Waals surface area contributed by atoms with E-state index in [2.05, 4.69) is 4.98 Å². The van der Waals surface area contributed by atoms with E-state index in [9.17, 15) is 14.7 Å². The predicted octanol–water partition coefficient (Wildman–Crippen LogP) is 4.67. The van der Waals surface area contributed by atoms with Gasteiger partial charge in [0.1, 0.15) is 11.6 Å². The Morgan fingerprint density at radius 3 is 2.31 bits per heavy atom. The molecule has 29 heavy (non-hydrogen) atoms. The molecule has 1 aromatic heterocycles. The van der Waals surface area contributed by atoms with Crippen LogP contribution in [-0.4, -0.2) is 21.8 Å². The molecule has 6 heteroatoms. The second-order valence-corrected chi connectivity index (χ2v) is 7.21. The van der Waals surface area contributed by atoms with Gasteiger partial charge < -0.3 is 5.11 Å². The van der Waals surface area contributed by atoms with Crippen LogP contribution in [0, 0.1) is 6.92 Å². The zero-order valence-electron chi connectivity index (χ0n) is 15.5. The van der Waals surface area contributed by atoms with Crippen LogP contribution in [0.25, 0.3) is 5.76 Å². The van der Waals surface area contributed by atoms with Crippen molar-refractivity contribution in [1.82, 2.24) is 4.98 Å². The van der Waals surface area contributed by atoms with Crippen LogP contribution < -0.4 is 4.90 Å². The molecule has 1 aliphatic heterocycles. The summed E-state index contributed by atoms with van der Waals surface area (Å²) in [6, 6.07) is 18.3. The van der Waals surface area contributed by atoms with Gasteiger partial charge in [-0.05, 0) is 48.9 Å². The van der Waals surface area contributed by atoms with Crippen molar-refractivity contribution in [2.45, 2.75) is 13.0 Å². The summed E-state index contributed by atoms with van der Waals surface area (Å²) in [5.74, 6) is -1.39. The van der Waals surface area contributed by atoms with Crippen LogP contribution in [0.4, 0.5) is 5.82 Å². The number of aryl methyl sites for hydroxylation is 1. The lowest BCUT2D eigenvalue weighted by molar-refractivity contribution is -0.132. The highest BCUT2D eigenvalue weighted by molar-refractivity contribution is 6.51. The van der Waals surface area contributed by atoms with Gasteiger partial charge in [0.2, 0.25) is 0 Å². The molecule has 1 saturated heterocycles. The first-order valence-electron chi connectivity index (χ1n) is 9.02. The summed E-state index contributed by atoms with van der Waals surface area (Å²) in [6.07, 6.45) is 1.56. The highest BCUT2D eigenvalue weighted by Gasteiger charge is 2.47. The number of ketones is 1. The number of Topliss-reactive ketones (excluding diaryl/α,β-unsaturated/α-hetero) is 1. The van der Waals surface area contributed by atoms with E-state index in [0.29, 0.717) is 22.0 Å². The molecule has 0 aliphatic carbocycles. The third kappa shape index (κ3) is 3.41. The monoisotopic (exact) mass is 404 g/mol. The maximum Gasteiger partial charge on any atom is 0.301 e. The van der Waals surface area contributed by atoms with Gasteiger partial charge in [-0.2, -0.15) is 0 Å². The summed E-state index contributed by atoms with van der Waals surface area (Å²) in [7, 11) is 0. The van der Waals surface area contributed by atoms with Crippen molar-refractivity contribution in [2.75, 3.05) is 4.90 Å². The summed E-state index contributed by atoms with van der Waals surface area (Å²) >= 11 is 5.94. The number of benzene rings is 2. The number of carbonyl (C=O) groups excluding carboxylic acids is 2. The van der Waals surface area contributed by atoms with Crippen molar-refractivity contribution in [3.05, 3.63) is 100 Å². The normalized spacial score (nSPS) is 18.3. The third-order valence-electron chi connectivity index (χ3n) is 4.85. The number of pyridine rings is 1. The van der Waals surface area contributed by atoms with Crippen molar-refractivity contribution in [3.8, 4) is 0 Å². The average Bonchev–Trinajstić information content (AvgIpc) is 3.00. The first-order valence-corrected chi connectivity index (χ1v) is 9.39. The van der Waals surface area contributed by atoms with E-state index in [-0.39, 0.29) is 11.3 Å². The molecule has 4 rings (SSSR count). The van der Waals surface area contributed by atoms with E-state index in [0.717, 1.165) is 5.56 Å². The van der Waals surface area contributed by atoms with Gasteiger partial charge in [-0.1, -0.05) is 47.5 Å². The summed E-state index contributed by atoms with van der Waals surface area (Å²) < 4.78 is 0. The Morgan fingerprint density at radius 1 is 1.00 bits per heavy atom. The van der Waals surface area contributed by atoms with Gasteiger partial charge in [0.05, 0.1) is 11.6 Å². The number of hydrogen-bond donors (Lipinski definition) is 1. The highest BCUT2D eigenvalue weighted by Crippen LogP contribution is 2.41. The molecule has 2 heterocycles. The van der Waals surface area contributed by atoms with Gasteiger partial charge in [-0.15, -0.1) is 0 Å². The Hall–Kier alpha value is -3.44. The van der Waals surface area contributed by atoms with E-state index in [4.69, 9.17) is 11.6 Å². The molecular formula is C23H17ClN2O3. The minimum atomic E-state index is -0.791. The van der Waals surface area contributed by atoms with Crippen LogP contribution in [0.2, 0.25) is 5.02 Å². The molecule has 3 aromatic rings. The van der Waals surface area contributed by atoms with E-state index < -0.39 is 17.7 Å². The topological polar surface area (TPSA) is 70.5 Å². The summed E-state index contributed by atoms with van der Waals surface area (Å²) in [6.45, 7) is 1.95. The summed E-state index contributed by atoms with van der Waals surface area (Å²) in [5, 5.41) is 11.5. The lowest BCUT2D eigenvalue weighted by atomic mass is 9.95. The Balaban J connectivity index is 1.94. The second-order valence-electron chi connectivity index (χ2n) is 6.77. The van der Waals surface area contributed by atoms with Crippen LogP contribution in [0.15, 0.2) is 78.5 Å². The zero-order chi connectivity index (χ0) is 20.5. The molecular weight excluding hydrogens is 388 g/mol. The van der Waals surface area contributed by atoms with Gasteiger partial charge in [-0.3, -0.25) is 14.5 Å². The average molecular weight is 405 g/mol. The number of nitrogens with zero attached hydrogens (tertiary/aromatic N) is 2. The van der Waals surface area contributed by atoms with Crippen molar-refractivity contribution >= 4 is 34.9 Å². The van der Waals surface area contributed by atoms with Crippen LogP contribution >= 0.6 is 11.6 Å². The molecule has 5 nitrogen and oxygen atoms in total. The maximum absolute atomic E-state index is 13.0. The quantitative estimate of drug-likeness (QED) is 0.391. The van der Waals surface area contributed by atoms with Crippen LogP contribution in [-0.2, 0) is 9.59 Å². The smallest absolute Gasteiger partial charge is 0.301 e. The molecule has 1 amide bonds. The molecule has 1 N–H and O–H groups in total. The summed E-state index contributed by atoms with van der Waals surface area (Å²) in [5.41, 5.74) is 2.18.